The molecule has 2 heterocycles. The molecule has 0 atom stereocenters. The molecule has 0 radical (unpaired) electrons. The van der Waals surface area contributed by atoms with Gasteiger partial charge in [-0.1, -0.05) is 11.8 Å². The summed E-state index contributed by atoms with van der Waals surface area (Å²) in [5, 5.41) is 8.96. The predicted octanol–water partition coefficient (Wildman–Crippen LogP) is 3.29. The molecule has 124 valence electrons. The second kappa shape index (κ2) is 6.88. The van der Waals surface area contributed by atoms with Crippen molar-refractivity contribution in [3.63, 3.8) is 0 Å². The van der Waals surface area contributed by atoms with E-state index in [2.05, 4.69) is 14.9 Å². The molecule has 1 aromatic carbocycles. The van der Waals surface area contributed by atoms with Gasteiger partial charge in [-0.3, -0.25) is 0 Å². The van der Waals surface area contributed by atoms with Crippen molar-refractivity contribution in [2.24, 2.45) is 7.05 Å². The normalized spacial score (nSPS) is 10.8. The zero-order valence-electron chi connectivity index (χ0n) is 13.0. The fourth-order valence-electron chi connectivity index (χ4n) is 2.09. The van der Waals surface area contributed by atoms with Gasteiger partial charge in [0, 0.05) is 12.6 Å². The van der Waals surface area contributed by atoms with E-state index in [4.69, 9.17) is 4.42 Å². The molecule has 0 N–H and O–H groups in total. The third-order valence-electron chi connectivity index (χ3n) is 3.33. The summed E-state index contributed by atoms with van der Waals surface area (Å²) in [5.74, 6) is 1.13. The SMILES string of the molecule is COC(=O)c1ccc(CSc2nnc(-c3ccc(F)cc3)n2C)o1. The highest BCUT2D eigenvalue weighted by atomic mass is 32.2. The van der Waals surface area contributed by atoms with Gasteiger partial charge in [0.25, 0.3) is 0 Å². The van der Waals surface area contributed by atoms with Crippen molar-refractivity contribution in [1.29, 1.82) is 0 Å². The van der Waals surface area contributed by atoms with Gasteiger partial charge in [-0.05, 0) is 36.4 Å². The number of hydrogen-bond donors (Lipinski definition) is 0. The summed E-state index contributed by atoms with van der Waals surface area (Å²) >= 11 is 1.42. The molecular formula is C16H14FN3O3S. The molecule has 3 rings (SSSR count). The number of thioether (sulfide) groups is 1. The Hall–Kier alpha value is -2.61. The lowest BCUT2D eigenvalue weighted by molar-refractivity contribution is 0.0563. The van der Waals surface area contributed by atoms with Gasteiger partial charge in [-0.25, -0.2) is 9.18 Å². The van der Waals surface area contributed by atoms with Crippen LogP contribution in [0.25, 0.3) is 11.4 Å². The van der Waals surface area contributed by atoms with Crippen LogP contribution in [0.2, 0.25) is 0 Å². The highest BCUT2D eigenvalue weighted by Gasteiger charge is 2.14. The van der Waals surface area contributed by atoms with Gasteiger partial charge < -0.3 is 13.7 Å². The fourth-order valence-corrected chi connectivity index (χ4v) is 2.90. The number of carbonyl (C=O) groups excluding carboxylic acids is 1. The minimum absolute atomic E-state index is 0.165. The van der Waals surface area contributed by atoms with Crippen LogP contribution in [0.3, 0.4) is 0 Å². The van der Waals surface area contributed by atoms with Crippen LogP contribution in [-0.4, -0.2) is 27.8 Å². The van der Waals surface area contributed by atoms with Crippen LogP contribution in [0.5, 0.6) is 0 Å². The van der Waals surface area contributed by atoms with Crippen molar-refractivity contribution in [3.8, 4) is 11.4 Å². The summed E-state index contributed by atoms with van der Waals surface area (Å²) in [6.07, 6.45) is 0. The minimum atomic E-state index is -0.511. The summed E-state index contributed by atoms with van der Waals surface area (Å²) in [7, 11) is 3.14. The van der Waals surface area contributed by atoms with E-state index < -0.39 is 5.97 Å². The highest BCUT2D eigenvalue weighted by Crippen LogP contribution is 2.26. The molecule has 0 aliphatic rings. The first-order valence-corrected chi connectivity index (χ1v) is 8.02. The second-order valence-electron chi connectivity index (χ2n) is 4.92. The van der Waals surface area contributed by atoms with Crippen LogP contribution in [0.4, 0.5) is 4.39 Å². The Kier molecular flexibility index (Phi) is 4.66. The van der Waals surface area contributed by atoms with Crippen LogP contribution >= 0.6 is 11.8 Å². The van der Waals surface area contributed by atoms with Crippen LogP contribution in [0, 0.1) is 5.82 Å². The largest absolute Gasteiger partial charge is 0.463 e. The average Bonchev–Trinajstić information content (AvgIpc) is 3.20. The Morgan fingerprint density at radius 3 is 2.71 bits per heavy atom. The van der Waals surface area contributed by atoms with Crippen molar-refractivity contribution in [1.82, 2.24) is 14.8 Å². The van der Waals surface area contributed by atoms with E-state index in [1.54, 1.807) is 24.3 Å². The summed E-state index contributed by atoms with van der Waals surface area (Å²) in [4.78, 5) is 11.4. The molecule has 0 spiro atoms. The van der Waals surface area contributed by atoms with E-state index in [1.807, 2.05) is 11.6 Å². The van der Waals surface area contributed by atoms with Gasteiger partial charge in [0.05, 0.1) is 12.9 Å². The molecule has 8 heteroatoms. The Bertz CT molecular complexity index is 858. The summed E-state index contributed by atoms with van der Waals surface area (Å²) < 4.78 is 24.8. The van der Waals surface area contributed by atoms with Crippen molar-refractivity contribution in [3.05, 3.63) is 53.7 Å². The number of esters is 1. The summed E-state index contributed by atoms with van der Waals surface area (Å²) in [5.41, 5.74) is 0.782. The lowest BCUT2D eigenvalue weighted by atomic mass is 10.2. The zero-order valence-corrected chi connectivity index (χ0v) is 13.8. The number of halogens is 1. The number of aromatic nitrogens is 3. The van der Waals surface area contributed by atoms with Gasteiger partial charge in [0.15, 0.2) is 11.0 Å². The van der Waals surface area contributed by atoms with Gasteiger partial charge in [0.1, 0.15) is 11.6 Å². The van der Waals surface area contributed by atoms with E-state index in [9.17, 15) is 9.18 Å². The smallest absolute Gasteiger partial charge is 0.373 e. The molecule has 0 amide bonds. The quantitative estimate of drug-likeness (QED) is 0.521. The van der Waals surface area contributed by atoms with E-state index in [0.717, 1.165) is 5.56 Å². The van der Waals surface area contributed by atoms with Crippen molar-refractivity contribution in [2.75, 3.05) is 7.11 Å². The first kappa shape index (κ1) is 16.3. The summed E-state index contributed by atoms with van der Waals surface area (Å²) in [6.45, 7) is 0. The molecule has 6 nitrogen and oxygen atoms in total. The van der Waals surface area contributed by atoms with Crippen LogP contribution in [-0.2, 0) is 17.5 Å². The molecule has 0 aliphatic carbocycles. The van der Waals surface area contributed by atoms with Crippen LogP contribution in [0.1, 0.15) is 16.3 Å². The Balaban J connectivity index is 1.71. The number of nitrogens with zero attached hydrogens (tertiary/aromatic N) is 3. The van der Waals surface area contributed by atoms with E-state index >= 15 is 0 Å². The first-order chi connectivity index (χ1) is 11.6. The standard InChI is InChI=1S/C16H14FN3O3S/c1-20-14(10-3-5-11(17)6-4-10)18-19-16(20)24-9-12-7-8-13(23-12)15(21)22-2/h3-8H,9H2,1-2H3. The molecular weight excluding hydrogens is 333 g/mol. The Morgan fingerprint density at radius 2 is 2.00 bits per heavy atom. The average molecular weight is 347 g/mol. The van der Waals surface area contributed by atoms with E-state index in [-0.39, 0.29) is 11.6 Å². The number of carbonyl (C=O) groups is 1. The van der Waals surface area contributed by atoms with Gasteiger partial charge in [-0.15, -0.1) is 10.2 Å². The molecule has 0 bridgehead atoms. The number of furan rings is 1. The van der Waals surface area contributed by atoms with Gasteiger partial charge in [-0.2, -0.15) is 0 Å². The van der Waals surface area contributed by atoms with Crippen molar-refractivity contribution >= 4 is 17.7 Å². The maximum atomic E-state index is 13.0. The van der Waals surface area contributed by atoms with Crippen molar-refractivity contribution < 1.29 is 18.3 Å². The predicted molar refractivity (Wildman–Crippen MR) is 86.0 cm³/mol. The second-order valence-corrected chi connectivity index (χ2v) is 5.86. The van der Waals surface area contributed by atoms with Crippen LogP contribution < -0.4 is 0 Å². The minimum Gasteiger partial charge on any atom is -0.463 e. The highest BCUT2D eigenvalue weighted by molar-refractivity contribution is 7.98. The lowest BCUT2D eigenvalue weighted by Crippen LogP contribution is -1.98. The molecule has 0 aliphatic heterocycles. The first-order valence-electron chi connectivity index (χ1n) is 7.03. The van der Waals surface area contributed by atoms with Gasteiger partial charge in [0.2, 0.25) is 5.76 Å². The Morgan fingerprint density at radius 1 is 1.25 bits per heavy atom. The van der Waals surface area contributed by atoms with Gasteiger partial charge >= 0.3 is 5.97 Å². The molecule has 0 fully saturated rings. The summed E-state index contributed by atoms with van der Waals surface area (Å²) in [6, 6.07) is 9.37. The molecule has 3 aromatic rings. The fraction of sp³-hybridized carbons (Fsp3) is 0.188. The number of benzene rings is 1. The maximum Gasteiger partial charge on any atom is 0.373 e. The number of methoxy groups -OCH3 is 1. The lowest BCUT2D eigenvalue weighted by Gasteiger charge is -2.03. The van der Waals surface area contributed by atoms with E-state index in [1.165, 1.54) is 31.0 Å². The molecule has 0 unspecified atom stereocenters. The Labute approximate surface area is 141 Å². The van der Waals surface area contributed by atoms with Crippen LogP contribution in [0.15, 0.2) is 46.0 Å². The zero-order chi connectivity index (χ0) is 17.1. The molecule has 0 saturated heterocycles. The molecule has 0 saturated carbocycles. The topological polar surface area (TPSA) is 70.2 Å². The monoisotopic (exact) mass is 347 g/mol. The third-order valence-corrected chi connectivity index (χ3v) is 4.37. The number of ether oxygens (including phenoxy) is 1. The third kappa shape index (κ3) is 3.33. The molecule has 2 aromatic heterocycles. The van der Waals surface area contributed by atoms with Crippen molar-refractivity contribution in [2.45, 2.75) is 10.9 Å². The van der Waals surface area contributed by atoms with E-state index in [0.29, 0.717) is 22.5 Å². The number of rotatable bonds is 5. The molecule has 24 heavy (non-hydrogen) atoms. The maximum absolute atomic E-state index is 13.0. The number of hydrogen-bond acceptors (Lipinski definition) is 6.